The van der Waals surface area contributed by atoms with E-state index in [2.05, 4.69) is 55.6 Å². The number of fused-ring (bicyclic) bond motifs is 2. The van der Waals surface area contributed by atoms with Gasteiger partial charge in [-0.3, -0.25) is 0 Å². The number of nitrogens with one attached hydrogen (secondary N) is 3. The van der Waals surface area contributed by atoms with Gasteiger partial charge in [0.15, 0.2) is 0 Å². The summed E-state index contributed by atoms with van der Waals surface area (Å²) in [6.45, 7) is 0.680. The minimum absolute atomic E-state index is 0.497. The van der Waals surface area contributed by atoms with Gasteiger partial charge >= 0.3 is 0 Å². The highest BCUT2D eigenvalue weighted by atomic mass is 16.5. The Bertz CT molecular complexity index is 1640. The lowest BCUT2D eigenvalue weighted by molar-refractivity contribution is 0.483. The van der Waals surface area contributed by atoms with E-state index in [1.165, 1.54) is 16.5 Å². The molecule has 0 unspecified atom stereocenters. The van der Waals surface area contributed by atoms with Crippen LogP contribution >= 0.6 is 0 Å². The van der Waals surface area contributed by atoms with E-state index in [4.69, 9.17) is 10.5 Å². The van der Waals surface area contributed by atoms with Crippen molar-refractivity contribution in [3.05, 3.63) is 108 Å². The van der Waals surface area contributed by atoms with Crippen molar-refractivity contribution in [2.45, 2.75) is 12.8 Å². The summed E-state index contributed by atoms with van der Waals surface area (Å²) in [4.78, 5) is 15.5. The van der Waals surface area contributed by atoms with Gasteiger partial charge in [0, 0.05) is 53.5 Å². The maximum atomic E-state index is 6.27. The highest BCUT2D eigenvalue weighted by Gasteiger charge is 2.09. The number of rotatable bonds is 8. The Morgan fingerprint density at radius 1 is 0.861 bits per heavy atom. The van der Waals surface area contributed by atoms with Crippen molar-refractivity contribution in [2.24, 2.45) is 0 Å². The molecule has 0 fully saturated rings. The van der Waals surface area contributed by atoms with Crippen LogP contribution in [0.15, 0.2) is 91.4 Å². The molecule has 178 valence electrons. The number of H-pyrrole nitrogens is 2. The van der Waals surface area contributed by atoms with Crippen molar-refractivity contribution in [1.29, 1.82) is 0 Å². The van der Waals surface area contributed by atoms with Crippen LogP contribution in [0.4, 0.5) is 11.8 Å². The van der Waals surface area contributed by atoms with E-state index in [9.17, 15) is 0 Å². The molecule has 7 heteroatoms. The van der Waals surface area contributed by atoms with Gasteiger partial charge in [0.25, 0.3) is 0 Å². The molecule has 0 atom stereocenters. The second kappa shape index (κ2) is 9.46. The van der Waals surface area contributed by atoms with Gasteiger partial charge in [0.1, 0.15) is 17.3 Å². The van der Waals surface area contributed by atoms with Crippen molar-refractivity contribution in [1.82, 2.24) is 19.9 Å². The SMILES string of the molecule is Nc1nc(NCCc2c[nH]c3ccc(Oc4ccccc4)cc23)ncc1Cc1ccc2[nH]ccc2c1. The highest BCUT2D eigenvalue weighted by Crippen LogP contribution is 2.28. The van der Waals surface area contributed by atoms with Crippen LogP contribution in [0.5, 0.6) is 11.5 Å². The maximum Gasteiger partial charge on any atom is 0.224 e. The molecule has 7 nitrogen and oxygen atoms in total. The largest absolute Gasteiger partial charge is 0.457 e. The number of aromatic nitrogens is 4. The highest BCUT2D eigenvalue weighted by molar-refractivity contribution is 5.84. The number of nitrogens with two attached hydrogens (primary N) is 1. The second-order valence-electron chi connectivity index (χ2n) is 8.79. The Balaban J connectivity index is 1.10. The maximum absolute atomic E-state index is 6.27. The molecule has 3 aromatic heterocycles. The van der Waals surface area contributed by atoms with Crippen molar-refractivity contribution < 1.29 is 4.74 Å². The first-order chi connectivity index (χ1) is 17.7. The molecule has 0 bridgehead atoms. The molecule has 5 N–H and O–H groups in total. The lowest BCUT2D eigenvalue weighted by atomic mass is 10.1. The summed E-state index contributed by atoms with van der Waals surface area (Å²) >= 11 is 0. The van der Waals surface area contributed by atoms with E-state index < -0.39 is 0 Å². The molecule has 0 radical (unpaired) electrons. The molecule has 36 heavy (non-hydrogen) atoms. The van der Waals surface area contributed by atoms with Crippen LogP contribution in [0, 0.1) is 0 Å². The van der Waals surface area contributed by atoms with E-state index in [1.807, 2.05) is 61.1 Å². The summed E-state index contributed by atoms with van der Waals surface area (Å²) in [6.07, 6.45) is 7.29. The zero-order chi connectivity index (χ0) is 24.3. The van der Waals surface area contributed by atoms with Crippen molar-refractivity contribution >= 4 is 33.6 Å². The van der Waals surface area contributed by atoms with Crippen LogP contribution in [0.2, 0.25) is 0 Å². The summed E-state index contributed by atoms with van der Waals surface area (Å²) in [5.41, 5.74) is 11.8. The van der Waals surface area contributed by atoms with Crippen LogP contribution in [0.25, 0.3) is 21.8 Å². The van der Waals surface area contributed by atoms with Crippen LogP contribution in [0.1, 0.15) is 16.7 Å². The first kappa shape index (κ1) is 21.7. The van der Waals surface area contributed by atoms with Crippen molar-refractivity contribution in [2.75, 3.05) is 17.6 Å². The average Bonchev–Trinajstić information content (AvgIpc) is 3.53. The molecule has 0 saturated heterocycles. The average molecular weight is 475 g/mol. The standard InChI is InChI=1S/C29H26N6O/c30-28-22(15-19-6-8-26-20(14-19)10-12-31-26)18-34-29(35-28)32-13-11-21-17-33-27-9-7-24(16-25(21)27)36-23-4-2-1-3-5-23/h1-10,12,14,16-18,31,33H,11,13,15H2,(H3,30,32,34,35). The van der Waals surface area contributed by atoms with E-state index in [-0.39, 0.29) is 0 Å². The first-order valence-electron chi connectivity index (χ1n) is 12.0. The molecular weight excluding hydrogens is 448 g/mol. The Labute approximate surface area is 208 Å². The number of benzene rings is 3. The monoisotopic (exact) mass is 474 g/mol. The molecule has 3 aromatic carbocycles. The lowest BCUT2D eigenvalue weighted by Crippen LogP contribution is -2.10. The fraction of sp³-hybridized carbons (Fsp3) is 0.103. The molecule has 0 aliphatic heterocycles. The normalized spacial score (nSPS) is 11.2. The van der Waals surface area contributed by atoms with Crippen LogP contribution in [-0.2, 0) is 12.8 Å². The van der Waals surface area contributed by atoms with Gasteiger partial charge in [-0.2, -0.15) is 4.98 Å². The fourth-order valence-corrected chi connectivity index (χ4v) is 4.44. The zero-order valence-electron chi connectivity index (χ0n) is 19.7. The minimum atomic E-state index is 0.497. The molecule has 0 aliphatic rings. The predicted octanol–water partition coefficient (Wildman–Crippen LogP) is 6.06. The van der Waals surface area contributed by atoms with Crippen molar-refractivity contribution in [3.63, 3.8) is 0 Å². The summed E-state index contributed by atoms with van der Waals surface area (Å²) in [5, 5.41) is 5.62. The third kappa shape index (κ3) is 4.59. The third-order valence-corrected chi connectivity index (χ3v) is 6.31. The van der Waals surface area contributed by atoms with E-state index in [1.54, 1.807) is 0 Å². The van der Waals surface area contributed by atoms with Crippen LogP contribution in [-0.4, -0.2) is 26.5 Å². The van der Waals surface area contributed by atoms with Gasteiger partial charge in [-0.15, -0.1) is 0 Å². The number of nitrogen functional groups attached to an aromatic ring is 1. The van der Waals surface area contributed by atoms with Crippen molar-refractivity contribution in [3.8, 4) is 11.5 Å². The molecule has 6 rings (SSSR count). The minimum Gasteiger partial charge on any atom is -0.457 e. The number of ether oxygens (including phenoxy) is 1. The number of hydrogen-bond donors (Lipinski definition) is 4. The van der Waals surface area contributed by atoms with Gasteiger partial charge in [0.2, 0.25) is 5.95 Å². The number of aromatic amines is 2. The smallest absolute Gasteiger partial charge is 0.224 e. The molecular formula is C29H26N6O. The molecule has 0 spiro atoms. The van der Waals surface area contributed by atoms with Crippen LogP contribution in [0.3, 0.4) is 0 Å². The lowest BCUT2D eigenvalue weighted by Gasteiger charge is -2.09. The van der Waals surface area contributed by atoms with E-state index in [0.717, 1.165) is 39.9 Å². The first-order valence-corrected chi connectivity index (χ1v) is 12.0. The van der Waals surface area contributed by atoms with E-state index >= 15 is 0 Å². The number of nitrogens with zero attached hydrogens (tertiary/aromatic N) is 2. The van der Waals surface area contributed by atoms with Gasteiger partial charge in [-0.05, 0) is 71.5 Å². The summed E-state index contributed by atoms with van der Waals surface area (Å²) < 4.78 is 6.00. The van der Waals surface area contributed by atoms with Gasteiger partial charge in [-0.25, -0.2) is 4.98 Å². The number of hydrogen-bond acceptors (Lipinski definition) is 5. The quantitative estimate of drug-likeness (QED) is 0.215. The molecule has 0 saturated carbocycles. The molecule has 6 aromatic rings. The number of para-hydroxylation sites is 1. The molecule has 0 aliphatic carbocycles. The summed E-state index contributed by atoms with van der Waals surface area (Å²) in [5.74, 6) is 2.66. The summed E-state index contributed by atoms with van der Waals surface area (Å²) in [6, 6.07) is 24.3. The second-order valence-corrected chi connectivity index (χ2v) is 8.79. The Hall–Kier alpha value is -4.78. The van der Waals surface area contributed by atoms with Crippen LogP contribution < -0.4 is 15.8 Å². The topological polar surface area (TPSA) is 105 Å². The molecule has 3 heterocycles. The van der Waals surface area contributed by atoms with Gasteiger partial charge in [0.05, 0.1) is 0 Å². The Morgan fingerprint density at radius 2 is 1.75 bits per heavy atom. The predicted molar refractivity (Wildman–Crippen MR) is 145 cm³/mol. The third-order valence-electron chi connectivity index (χ3n) is 6.31. The van der Waals surface area contributed by atoms with E-state index in [0.29, 0.717) is 24.7 Å². The fourth-order valence-electron chi connectivity index (χ4n) is 4.44. The van der Waals surface area contributed by atoms with Gasteiger partial charge in [-0.1, -0.05) is 24.3 Å². The summed E-state index contributed by atoms with van der Waals surface area (Å²) in [7, 11) is 0. The molecule has 0 amide bonds. The Morgan fingerprint density at radius 3 is 2.64 bits per heavy atom. The Kier molecular flexibility index (Phi) is 5.71. The van der Waals surface area contributed by atoms with Gasteiger partial charge < -0.3 is 25.8 Å². The zero-order valence-corrected chi connectivity index (χ0v) is 19.7. The number of anilines is 2.